The fraction of sp³-hybridized carbons (Fsp3) is 0.0769. The standard InChI is InChI=1S/C13H13O2P/c1-15-11-8-6-10(7-9-11)12-4-2-3-5-13(12)16-14/h2-9,14,16H,1H3. The van der Waals surface area contributed by atoms with Gasteiger partial charge in [-0.15, -0.1) is 0 Å². The topological polar surface area (TPSA) is 29.5 Å². The Bertz CT molecular complexity index is 466. The average molecular weight is 232 g/mol. The zero-order valence-corrected chi connectivity index (χ0v) is 9.97. The van der Waals surface area contributed by atoms with E-state index in [0.29, 0.717) is 0 Å². The number of ether oxygens (including phenoxy) is 1. The molecule has 1 atom stereocenters. The minimum atomic E-state index is -0.179. The van der Waals surface area contributed by atoms with E-state index in [-0.39, 0.29) is 8.81 Å². The molecule has 0 saturated carbocycles. The van der Waals surface area contributed by atoms with Crippen LogP contribution in [0.25, 0.3) is 11.1 Å². The highest BCUT2D eigenvalue weighted by molar-refractivity contribution is 7.41. The van der Waals surface area contributed by atoms with Crippen LogP contribution in [0.3, 0.4) is 0 Å². The van der Waals surface area contributed by atoms with Crippen LogP contribution in [0.2, 0.25) is 0 Å². The smallest absolute Gasteiger partial charge is 0.118 e. The lowest BCUT2D eigenvalue weighted by molar-refractivity contribution is 0.415. The van der Waals surface area contributed by atoms with Crippen molar-refractivity contribution in [3.05, 3.63) is 48.5 Å². The summed E-state index contributed by atoms with van der Waals surface area (Å²) >= 11 is 0. The van der Waals surface area contributed by atoms with E-state index < -0.39 is 0 Å². The molecule has 0 aliphatic rings. The van der Waals surface area contributed by atoms with Gasteiger partial charge in [-0.2, -0.15) is 0 Å². The summed E-state index contributed by atoms with van der Waals surface area (Å²) in [5.74, 6) is 0.840. The third kappa shape index (κ3) is 2.24. The average Bonchev–Trinajstić information content (AvgIpc) is 2.39. The van der Waals surface area contributed by atoms with Crippen LogP contribution in [0.15, 0.2) is 48.5 Å². The Morgan fingerprint density at radius 1 is 1.00 bits per heavy atom. The number of methoxy groups -OCH3 is 1. The SMILES string of the molecule is COc1ccc(-c2ccccc2PO)cc1. The van der Waals surface area contributed by atoms with Crippen LogP contribution in [-0.4, -0.2) is 12.0 Å². The summed E-state index contributed by atoms with van der Waals surface area (Å²) in [6.07, 6.45) is 0. The Hall–Kier alpha value is -1.37. The first kappa shape index (κ1) is 11.1. The Morgan fingerprint density at radius 2 is 1.69 bits per heavy atom. The van der Waals surface area contributed by atoms with Gasteiger partial charge >= 0.3 is 0 Å². The van der Waals surface area contributed by atoms with Crippen LogP contribution in [0.5, 0.6) is 5.75 Å². The van der Waals surface area contributed by atoms with E-state index in [1.165, 1.54) is 0 Å². The lowest BCUT2D eigenvalue weighted by Crippen LogP contribution is -1.98. The molecule has 1 N–H and O–H groups in total. The van der Waals surface area contributed by atoms with Gasteiger partial charge in [0.2, 0.25) is 0 Å². The Kier molecular flexibility index (Phi) is 3.55. The summed E-state index contributed by atoms with van der Waals surface area (Å²) in [6, 6.07) is 15.7. The number of rotatable bonds is 3. The summed E-state index contributed by atoms with van der Waals surface area (Å²) in [5.41, 5.74) is 2.17. The highest BCUT2D eigenvalue weighted by Gasteiger charge is 2.03. The number of benzene rings is 2. The Labute approximate surface area is 96.8 Å². The second-order valence-electron chi connectivity index (χ2n) is 3.39. The molecule has 0 aliphatic heterocycles. The largest absolute Gasteiger partial charge is 0.497 e. The molecule has 0 bridgehead atoms. The van der Waals surface area contributed by atoms with Gasteiger partial charge in [0.1, 0.15) is 5.75 Å². The molecule has 2 nitrogen and oxygen atoms in total. The third-order valence-electron chi connectivity index (χ3n) is 2.45. The minimum Gasteiger partial charge on any atom is -0.497 e. The molecular formula is C13H13O2P. The second kappa shape index (κ2) is 5.11. The number of hydrogen-bond donors (Lipinski definition) is 1. The van der Waals surface area contributed by atoms with Gasteiger partial charge in [0, 0.05) is 14.1 Å². The maximum absolute atomic E-state index is 9.28. The molecule has 1 unspecified atom stereocenters. The van der Waals surface area contributed by atoms with E-state index >= 15 is 0 Å². The summed E-state index contributed by atoms with van der Waals surface area (Å²) in [7, 11) is 1.47. The van der Waals surface area contributed by atoms with Crippen LogP contribution in [-0.2, 0) is 0 Å². The fourth-order valence-corrected chi connectivity index (χ4v) is 2.12. The molecule has 2 rings (SSSR count). The zero-order chi connectivity index (χ0) is 11.4. The van der Waals surface area contributed by atoms with Crippen molar-refractivity contribution in [3.63, 3.8) is 0 Å². The van der Waals surface area contributed by atoms with E-state index in [9.17, 15) is 4.89 Å². The molecule has 82 valence electrons. The maximum Gasteiger partial charge on any atom is 0.118 e. The highest BCUT2D eigenvalue weighted by atomic mass is 31.1. The summed E-state index contributed by atoms with van der Waals surface area (Å²) in [6.45, 7) is 0. The van der Waals surface area contributed by atoms with Gasteiger partial charge in [0.15, 0.2) is 0 Å². The molecule has 0 fully saturated rings. The van der Waals surface area contributed by atoms with Crippen molar-refractivity contribution in [1.82, 2.24) is 0 Å². The van der Waals surface area contributed by atoms with Gasteiger partial charge < -0.3 is 9.63 Å². The van der Waals surface area contributed by atoms with E-state index in [1.54, 1.807) is 7.11 Å². The van der Waals surface area contributed by atoms with Gasteiger partial charge in [-0.1, -0.05) is 36.4 Å². The molecule has 2 aromatic carbocycles. The Morgan fingerprint density at radius 3 is 2.31 bits per heavy atom. The molecule has 0 amide bonds. The minimum absolute atomic E-state index is 0.179. The van der Waals surface area contributed by atoms with Crippen LogP contribution in [0.4, 0.5) is 0 Å². The van der Waals surface area contributed by atoms with Crippen LogP contribution < -0.4 is 10.0 Å². The van der Waals surface area contributed by atoms with Crippen molar-refractivity contribution < 1.29 is 9.63 Å². The quantitative estimate of drug-likeness (QED) is 0.824. The second-order valence-corrected chi connectivity index (χ2v) is 4.15. The van der Waals surface area contributed by atoms with Crippen molar-refractivity contribution in [1.29, 1.82) is 0 Å². The zero-order valence-electron chi connectivity index (χ0n) is 8.97. The third-order valence-corrected chi connectivity index (χ3v) is 3.13. The van der Waals surface area contributed by atoms with Gasteiger partial charge in [-0.3, -0.25) is 0 Å². The first-order chi connectivity index (χ1) is 7.85. The molecular weight excluding hydrogens is 219 g/mol. The van der Waals surface area contributed by atoms with Crippen LogP contribution in [0, 0.1) is 0 Å². The van der Waals surface area contributed by atoms with Gasteiger partial charge in [-0.05, 0) is 23.3 Å². The van der Waals surface area contributed by atoms with E-state index in [0.717, 1.165) is 22.2 Å². The lowest BCUT2D eigenvalue weighted by Gasteiger charge is -2.07. The van der Waals surface area contributed by atoms with Gasteiger partial charge in [0.25, 0.3) is 0 Å². The molecule has 0 aliphatic carbocycles. The molecule has 0 heterocycles. The summed E-state index contributed by atoms with van der Waals surface area (Å²) in [4.78, 5) is 9.28. The first-order valence-corrected chi connectivity index (χ1v) is 5.93. The fourth-order valence-electron chi connectivity index (χ4n) is 1.60. The molecule has 0 aromatic heterocycles. The molecule has 0 saturated heterocycles. The molecule has 0 spiro atoms. The van der Waals surface area contributed by atoms with Crippen LogP contribution in [0.1, 0.15) is 0 Å². The van der Waals surface area contributed by atoms with E-state index in [4.69, 9.17) is 4.74 Å². The van der Waals surface area contributed by atoms with Gasteiger partial charge in [-0.25, -0.2) is 0 Å². The van der Waals surface area contributed by atoms with Crippen molar-refractivity contribution in [2.45, 2.75) is 0 Å². The van der Waals surface area contributed by atoms with Crippen LogP contribution >= 0.6 is 8.81 Å². The molecule has 0 radical (unpaired) electrons. The maximum atomic E-state index is 9.28. The van der Waals surface area contributed by atoms with Crippen molar-refractivity contribution in [2.75, 3.05) is 7.11 Å². The highest BCUT2D eigenvalue weighted by Crippen LogP contribution is 2.23. The van der Waals surface area contributed by atoms with Crippen molar-refractivity contribution in [2.24, 2.45) is 0 Å². The lowest BCUT2D eigenvalue weighted by atomic mass is 10.1. The summed E-state index contributed by atoms with van der Waals surface area (Å²) in [5, 5.41) is 0.965. The van der Waals surface area contributed by atoms with E-state index in [1.807, 2.05) is 48.5 Å². The molecule has 3 heteroatoms. The molecule has 16 heavy (non-hydrogen) atoms. The van der Waals surface area contributed by atoms with E-state index in [2.05, 4.69) is 0 Å². The monoisotopic (exact) mass is 232 g/mol. The number of hydrogen-bond acceptors (Lipinski definition) is 2. The normalized spacial score (nSPS) is 10.9. The predicted molar refractivity (Wildman–Crippen MR) is 68.6 cm³/mol. The van der Waals surface area contributed by atoms with Crippen molar-refractivity contribution in [3.8, 4) is 16.9 Å². The Balaban J connectivity index is 2.42. The van der Waals surface area contributed by atoms with Gasteiger partial charge in [0.05, 0.1) is 7.11 Å². The summed E-state index contributed by atoms with van der Waals surface area (Å²) < 4.78 is 5.11. The molecule has 2 aromatic rings. The predicted octanol–water partition coefficient (Wildman–Crippen LogP) is 2.57. The first-order valence-electron chi connectivity index (χ1n) is 4.98. The van der Waals surface area contributed by atoms with Crippen molar-refractivity contribution >= 4 is 14.1 Å².